The largest absolute Gasteiger partial charge is 0.490 e. The third-order valence-corrected chi connectivity index (χ3v) is 2.69. The molecule has 1 heterocycles. The van der Waals surface area contributed by atoms with Crippen molar-refractivity contribution in [3.63, 3.8) is 0 Å². The van der Waals surface area contributed by atoms with E-state index in [-0.39, 0.29) is 5.15 Å². The fourth-order valence-corrected chi connectivity index (χ4v) is 1.57. The average molecular weight is 250 g/mol. The maximum Gasteiger partial charge on any atom is 0.198 e. The molecule has 0 amide bonds. The van der Waals surface area contributed by atoms with E-state index in [0.29, 0.717) is 23.9 Å². The number of hydrogen-bond donors (Lipinski definition) is 1. The Morgan fingerprint density at radius 1 is 1.60 bits per heavy atom. The summed E-state index contributed by atoms with van der Waals surface area (Å²) in [4.78, 5) is 7.76. The second kappa shape index (κ2) is 5.87. The molecule has 1 aromatic heterocycles. The highest BCUT2D eigenvalue weighted by molar-refractivity contribution is 7.84. The molecular formula is C8H12ClN3O2S. The minimum absolute atomic E-state index is 0.257. The van der Waals surface area contributed by atoms with Gasteiger partial charge in [-0.05, 0) is 0 Å². The smallest absolute Gasteiger partial charge is 0.198 e. The van der Waals surface area contributed by atoms with Crippen molar-refractivity contribution in [1.29, 1.82) is 0 Å². The number of methoxy groups -OCH3 is 1. The second-order valence-electron chi connectivity index (χ2n) is 2.75. The lowest BCUT2D eigenvalue weighted by Gasteiger charge is -2.09. The van der Waals surface area contributed by atoms with E-state index in [4.69, 9.17) is 16.3 Å². The molecule has 0 aliphatic heterocycles. The Balaban J connectivity index is 2.67. The predicted molar refractivity (Wildman–Crippen MR) is 61.0 cm³/mol. The van der Waals surface area contributed by atoms with Crippen LogP contribution in [0.1, 0.15) is 0 Å². The maximum absolute atomic E-state index is 10.8. The van der Waals surface area contributed by atoms with Crippen LogP contribution in [0.15, 0.2) is 6.33 Å². The van der Waals surface area contributed by atoms with Crippen molar-refractivity contribution in [2.75, 3.05) is 31.0 Å². The number of ether oxygens (including phenoxy) is 1. The molecular weight excluding hydrogens is 238 g/mol. The number of aromatic nitrogens is 2. The summed E-state index contributed by atoms with van der Waals surface area (Å²) in [7, 11) is 0.661. The van der Waals surface area contributed by atoms with Crippen LogP contribution < -0.4 is 10.1 Å². The van der Waals surface area contributed by atoms with Crippen molar-refractivity contribution >= 4 is 28.2 Å². The summed E-state index contributed by atoms with van der Waals surface area (Å²) in [6.07, 6.45) is 2.99. The first kappa shape index (κ1) is 12.2. The molecule has 1 atom stereocenters. The van der Waals surface area contributed by atoms with Crippen LogP contribution in [0.5, 0.6) is 5.75 Å². The lowest BCUT2D eigenvalue weighted by atomic mass is 10.5. The average Bonchev–Trinajstić information content (AvgIpc) is 2.17. The van der Waals surface area contributed by atoms with Crippen molar-refractivity contribution in [2.24, 2.45) is 0 Å². The van der Waals surface area contributed by atoms with Crippen molar-refractivity contribution in [2.45, 2.75) is 0 Å². The van der Waals surface area contributed by atoms with Crippen LogP contribution in [0.4, 0.5) is 5.82 Å². The van der Waals surface area contributed by atoms with Crippen LogP contribution in [0.3, 0.4) is 0 Å². The first-order valence-electron chi connectivity index (χ1n) is 4.23. The van der Waals surface area contributed by atoms with Crippen LogP contribution in [-0.4, -0.2) is 39.8 Å². The van der Waals surface area contributed by atoms with Gasteiger partial charge in [-0.15, -0.1) is 0 Å². The maximum atomic E-state index is 10.8. The van der Waals surface area contributed by atoms with Crippen molar-refractivity contribution < 1.29 is 8.95 Å². The van der Waals surface area contributed by atoms with Gasteiger partial charge in [0, 0.05) is 29.4 Å². The Bertz CT molecular complexity index is 362. The van der Waals surface area contributed by atoms with E-state index < -0.39 is 10.8 Å². The van der Waals surface area contributed by atoms with Crippen LogP contribution in [0, 0.1) is 0 Å². The molecule has 1 N–H and O–H groups in total. The molecule has 5 nitrogen and oxygen atoms in total. The van der Waals surface area contributed by atoms with E-state index in [1.54, 1.807) is 6.26 Å². The molecule has 1 rings (SSSR count). The Morgan fingerprint density at radius 2 is 2.33 bits per heavy atom. The lowest BCUT2D eigenvalue weighted by molar-refractivity contribution is 0.413. The van der Waals surface area contributed by atoms with E-state index in [9.17, 15) is 4.21 Å². The van der Waals surface area contributed by atoms with Gasteiger partial charge in [0.25, 0.3) is 0 Å². The van der Waals surface area contributed by atoms with E-state index in [1.165, 1.54) is 13.4 Å². The zero-order valence-electron chi connectivity index (χ0n) is 8.49. The summed E-state index contributed by atoms with van der Waals surface area (Å²) in [5, 5.41) is 3.24. The number of nitrogens with one attached hydrogen (secondary N) is 1. The Hall–Kier alpha value is -0.880. The summed E-state index contributed by atoms with van der Waals surface area (Å²) < 4.78 is 15.9. The fourth-order valence-electron chi connectivity index (χ4n) is 0.972. The molecule has 0 fully saturated rings. The molecule has 0 aliphatic carbocycles. The van der Waals surface area contributed by atoms with Gasteiger partial charge in [0.1, 0.15) is 6.33 Å². The van der Waals surface area contributed by atoms with E-state index in [0.717, 1.165) is 0 Å². The highest BCUT2D eigenvalue weighted by Gasteiger charge is 2.09. The summed E-state index contributed by atoms with van der Waals surface area (Å²) in [6.45, 7) is 0.548. The molecule has 1 aromatic rings. The quantitative estimate of drug-likeness (QED) is 0.787. The Labute approximate surface area is 95.7 Å². The molecule has 7 heteroatoms. The van der Waals surface area contributed by atoms with Gasteiger partial charge in [0.15, 0.2) is 16.7 Å². The van der Waals surface area contributed by atoms with Crippen LogP contribution in [0.25, 0.3) is 0 Å². The van der Waals surface area contributed by atoms with Gasteiger partial charge in [-0.3, -0.25) is 4.21 Å². The monoisotopic (exact) mass is 249 g/mol. The van der Waals surface area contributed by atoms with Gasteiger partial charge >= 0.3 is 0 Å². The first-order chi connectivity index (χ1) is 7.15. The Kier molecular flexibility index (Phi) is 4.77. The highest BCUT2D eigenvalue weighted by atomic mass is 35.5. The topological polar surface area (TPSA) is 64.1 Å². The number of rotatable bonds is 5. The number of hydrogen-bond acceptors (Lipinski definition) is 5. The molecule has 0 spiro atoms. The summed E-state index contributed by atoms with van der Waals surface area (Å²) in [6, 6.07) is 0. The minimum atomic E-state index is -0.833. The lowest BCUT2D eigenvalue weighted by Crippen LogP contribution is -2.11. The standard InChI is InChI=1S/C8H12ClN3O2S/c1-14-6-7(9)11-5-12-8(6)10-3-4-15(2)13/h5H,3-4H2,1-2H3,(H,10,11,12). The van der Waals surface area contributed by atoms with Gasteiger partial charge in [-0.1, -0.05) is 11.6 Å². The van der Waals surface area contributed by atoms with Crippen molar-refractivity contribution in [3.8, 4) is 5.75 Å². The minimum Gasteiger partial charge on any atom is -0.490 e. The predicted octanol–water partition coefficient (Wildman–Crippen LogP) is 0.929. The van der Waals surface area contributed by atoms with Crippen LogP contribution in [0.2, 0.25) is 5.15 Å². The molecule has 0 saturated carbocycles. The molecule has 0 aliphatic rings. The Morgan fingerprint density at radius 3 is 2.93 bits per heavy atom. The first-order valence-corrected chi connectivity index (χ1v) is 6.34. The summed E-state index contributed by atoms with van der Waals surface area (Å²) in [5.74, 6) is 1.47. The normalized spacial score (nSPS) is 12.2. The molecule has 0 radical (unpaired) electrons. The van der Waals surface area contributed by atoms with Gasteiger partial charge < -0.3 is 10.1 Å². The van der Waals surface area contributed by atoms with Gasteiger partial charge in [0.2, 0.25) is 0 Å². The van der Waals surface area contributed by atoms with E-state index in [1.807, 2.05) is 0 Å². The number of anilines is 1. The van der Waals surface area contributed by atoms with Crippen molar-refractivity contribution in [3.05, 3.63) is 11.5 Å². The third-order valence-electron chi connectivity index (χ3n) is 1.65. The zero-order valence-corrected chi connectivity index (χ0v) is 10.1. The SMILES string of the molecule is COc1c(Cl)ncnc1NCCS(C)=O. The third kappa shape index (κ3) is 3.64. The van der Waals surface area contributed by atoms with Crippen molar-refractivity contribution in [1.82, 2.24) is 9.97 Å². The van der Waals surface area contributed by atoms with E-state index >= 15 is 0 Å². The second-order valence-corrected chi connectivity index (χ2v) is 4.66. The van der Waals surface area contributed by atoms with Crippen LogP contribution >= 0.6 is 11.6 Å². The fraction of sp³-hybridized carbons (Fsp3) is 0.500. The molecule has 1 unspecified atom stereocenters. The van der Waals surface area contributed by atoms with E-state index in [2.05, 4.69) is 15.3 Å². The summed E-state index contributed by atoms with van der Waals surface area (Å²) in [5.41, 5.74) is 0. The molecule has 15 heavy (non-hydrogen) atoms. The highest BCUT2D eigenvalue weighted by Crippen LogP contribution is 2.27. The van der Waals surface area contributed by atoms with Crippen LogP contribution in [-0.2, 0) is 10.8 Å². The van der Waals surface area contributed by atoms with Gasteiger partial charge in [-0.2, -0.15) is 0 Å². The molecule has 0 saturated heterocycles. The molecule has 0 bridgehead atoms. The molecule has 84 valence electrons. The zero-order chi connectivity index (χ0) is 11.3. The number of halogens is 1. The number of nitrogens with zero attached hydrogens (tertiary/aromatic N) is 2. The summed E-state index contributed by atoms with van der Waals surface area (Å²) >= 11 is 5.79. The van der Waals surface area contributed by atoms with Gasteiger partial charge in [-0.25, -0.2) is 9.97 Å². The molecule has 0 aromatic carbocycles. The van der Waals surface area contributed by atoms with Gasteiger partial charge in [0.05, 0.1) is 7.11 Å².